The van der Waals surface area contributed by atoms with Crippen LogP contribution in [0.5, 0.6) is 0 Å². The summed E-state index contributed by atoms with van der Waals surface area (Å²) in [6.07, 6.45) is 1.16. The summed E-state index contributed by atoms with van der Waals surface area (Å²) in [5.41, 5.74) is 0.552. The van der Waals surface area contributed by atoms with Crippen LogP contribution in [0, 0.1) is 23.7 Å². The predicted molar refractivity (Wildman–Crippen MR) is 160 cm³/mol. The highest BCUT2D eigenvalue weighted by atomic mass is 16.6. The van der Waals surface area contributed by atoms with Gasteiger partial charge < -0.3 is 24.8 Å². The first-order valence-corrected chi connectivity index (χ1v) is 15.1. The number of Topliss-reactive ketones (excluding diaryl/α,β-unsaturated/α-hetero) is 1. The number of rotatable bonds is 20. The van der Waals surface area contributed by atoms with Crippen LogP contribution in [-0.2, 0) is 33.4 Å². The van der Waals surface area contributed by atoms with Crippen molar-refractivity contribution in [2.75, 3.05) is 0 Å². The quantitative estimate of drug-likeness (QED) is 0.0800. The minimum Gasteiger partial charge on any atom is -0.462 e. The number of allylic oxidation sites excluding steroid dienone is 3. The molecule has 3 N–H and O–H groups in total. The Hall–Kier alpha value is -2.95. The van der Waals surface area contributed by atoms with Gasteiger partial charge in [-0.3, -0.25) is 14.4 Å². The standard InChI is InChI=1S/C33H50O10/c1-9-24(10-2)15-25(34)14-19(4)13-18(3)11-12-26(35)21(6)28(37)16-27(36)20(5)23(8)42-30(39)17-29(38)31-22(7)32(40)43-33(31)41/h9,15,18-21,23,26-27,29,35-36,38H,1,10-14,16-17H2,2-8H3/b24-15-/t18-,19+,20-,21-,23+,26+,27-,29-/m1/s1. The number of cyclic esters (lactones) is 2. The van der Waals surface area contributed by atoms with Crippen LogP contribution in [0.1, 0.15) is 93.4 Å². The van der Waals surface area contributed by atoms with Gasteiger partial charge in [0.25, 0.3) is 0 Å². The average molecular weight is 607 g/mol. The van der Waals surface area contributed by atoms with Crippen molar-refractivity contribution in [2.24, 2.45) is 23.7 Å². The molecule has 1 heterocycles. The van der Waals surface area contributed by atoms with Crippen molar-refractivity contribution >= 4 is 29.5 Å². The summed E-state index contributed by atoms with van der Waals surface area (Å²) in [5, 5.41) is 31.5. The molecule has 242 valence electrons. The summed E-state index contributed by atoms with van der Waals surface area (Å²) in [5.74, 6) is -3.91. The third-order valence-electron chi connectivity index (χ3n) is 8.30. The molecule has 1 aliphatic rings. The highest BCUT2D eigenvalue weighted by Gasteiger charge is 2.36. The van der Waals surface area contributed by atoms with Crippen LogP contribution in [0.4, 0.5) is 0 Å². The first-order chi connectivity index (χ1) is 20.0. The van der Waals surface area contributed by atoms with Crippen molar-refractivity contribution < 1.29 is 48.8 Å². The smallest absolute Gasteiger partial charge is 0.345 e. The first-order valence-electron chi connectivity index (χ1n) is 15.1. The zero-order chi connectivity index (χ0) is 33.0. The average Bonchev–Trinajstić information content (AvgIpc) is 3.19. The number of hydrogen-bond donors (Lipinski definition) is 3. The fourth-order valence-corrected chi connectivity index (χ4v) is 5.10. The predicted octanol–water partition coefficient (Wildman–Crippen LogP) is 3.95. The zero-order valence-corrected chi connectivity index (χ0v) is 26.6. The lowest BCUT2D eigenvalue weighted by molar-refractivity contribution is -0.154. The van der Waals surface area contributed by atoms with Gasteiger partial charge in [0, 0.05) is 30.3 Å². The number of aliphatic hydroxyl groups excluding tert-OH is 3. The van der Waals surface area contributed by atoms with Crippen molar-refractivity contribution in [3.8, 4) is 0 Å². The molecule has 0 aliphatic carbocycles. The lowest BCUT2D eigenvalue weighted by atomic mass is 9.85. The van der Waals surface area contributed by atoms with E-state index in [9.17, 15) is 39.3 Å². The van der Waals surface area contributed by atoms with Gasteiger partial charge in [-0.05, 0) is 63.0 Å². The molecule has 43 heavy (non-hydrogen) atoms. The van der Waals surface area contributed by atoms with E-state index in [2.05, 4.69) is 18.2 Å². The monoisotopic (exact) mass is 606 g/mol. The van der Waals surface area contributed by atoms with E-state index in [1.807, 2.05) is 13.8 Å². The van der Waals surface area contributed by atoms with E-state index in [1.54, 1.807) is 26.0 Å². The molecule has 0 aromatic heterocycles. The minimum atomic E-state index is -1.58. The van der Waals surface area contributed by atoms with E-state index in [0.717, 1.165) is 18.4 Å². The number of carbonyl (C=O) groups excluding carboxylic acids is 5. The number of aliphatic hydroxyl groups is 3. The Morgan fingerprint density at radius 1 is 0.907 bits per heavy atom. The Kier molecular flexibility index (Phi) is 15.9. The molecule has 1 aliphatic heterocycles. The van der Waals surface area contributed by atoms with Crippen LogP contribution in [0.15, 0.2) is 35.5 Å². The molecule has 1 rings (SSSR count). The van der Waals surface area contributed by atoms with Gasteiger partial charge in [-0.15, -0.1) is 0 Å². The van der Waals surface area contributed by atoms with Crippen molar-refractivity contribution in [3.63, 3.8) is 0 Å². The summed E-state index contributed by atoms with van der Waals surface area (Å²) in [6, 6.07) is 0. The Balaban J connectivity index is 2.51. The second-order valence-corrected chi connectivity index (χ2v) is 12.1. The summed E-state index contributed by atoms with van der Waals surface area (Å²) >= 11 is 0. The number of hydrogen-bond acceptors (Lipinski definition) is 10. The second kappa shape index (κ2) is 18.0. The molecule has 0 saturated carbocycles. The summed E-state index contributed by atoms with van der Waals surface area (Å²) in [4.78, 5) is 60.6. The fraction of sp³-hybridized carbons (Fsp3) is 0.667. The molecule has 0 aromatic rings. The van der Waals surface area contributed by atoms with Gasteiger partial charge in [0.2, 0.25) is 0 Å². The van der Waals surface area contributed by atoms with Crippen molar-refractivity contribution in [1.29, 1.82) is 0 Å². The third kappa shape index (κ3) is 12.3. The summed E-state index contributed by atoms with van der Waals surface area (Å²) in [7, 11) is 0. The highest BCUT2D eigenvalue weighted by Crippen LogP contribution is 2.25. The van der Waals surface area contributed by atoms with Gasteiger partial charge in [-0.25, -0.2) is 9.59 Å². The van der Waals surface area contributed by atoms with Crippen LogP contribution >= 0.6 is 0 Å². The SMILES string of the molecule is C=C/C(=C/C(=O)C[C@@H](C)C[C@H](C)CC[C@H](O)[C@@H](C)C(=O)C[C@@H](O)[C@H](C)[C@H](C)OC(=O)C[C@@H](O)C1=C(C)C(=O)OC1=O)CC. The van der Waals surface area contributed by atoms with Crippen LogP contribution in [0.2, 0.25) is 0 Å². The molecule has 0 fully saturated rings. The van der Waals surface area contributed by atoms with Crippen LogP contribution in [-0.4, -0.2) is 69.2 Å². The van der Waals surface area contributed by atoms with Gasteiger partial charge in [0.1, 0.15) is 11.9 Å². The summed E-state index contributed by atoms with van der Waals surface area (Å²) in [6.45, 7) is 15.8. The van der Waals surface area contributed by atoms with Gasteiger partial charge >= 0.3 is 17.9 Å². The van der Waals surface area contributed by atoms with Gasteiger partial charge in [0.05, 0.1) is 30.3 Å². The number of esters is 3. The van der Waals surface area contributed by atoms with Gasteiger partial charge in [0.15, 0.2) is 5.78 Å². The number of ether oxygens (including phenoxy) is 2. The lowest BCUT2D eigenvalue weighted by Crippen LogP contribution is -2.36. The summed E-state index contributed by atoms with van der Waals surface area (Å²) < 4.78 is 9.71. The minimum absolute atomic E-state index is 0.0736. The molecule has 0 radical (unpaired) electrons. The van der Waals surface area contributed by atoms with E-state index >= 15 is 0 Å². The van der Waals surface area contributed by atoms with E-state index in [0.29, 0.717) is 19.3 Å². The molecule has 0 saturated heterocycles. The van der Waals surface area contributed by atoms with E-state index in [-0.39, 0.29) is 41.0 Å². The molecule has 8 atom stereocenters. The van der Waals surface area contributed by atoms with Crippen molar-refractivity contribution in [2.45, 2.75) is 118 Å². The fourth-order valence-electron chi connectivity index (χ4n) is 5.10. The van der Waals surface area contributed by atoms with Crippen LogP contribution in [0.25, 0.3) is 0 Å². The lowest BCUT2D eigenvalue weighted by Gasteiger charge is -2.27. The maximum Gasteiger partial charge on any atom is 0.345 e. The van der Waals surface area contributed by atoms with E-state index in [1.165, 1.54) is 13.8 Å². The van der Waals surface area contributed by atoms with Crippen molar-refractivity contribution in [3.05, 3.63) is 35.5 Å². The molecule has 10 heteroatoms. The Labute approximate surface area is 255 Å². The molecule has 0 amide bonds. The molecule has 0 aromatic carbocycles. The van der Waals surface area contributed by atoms with Gasteiger partial charge in [-0.1, -0.05) is 47.3 Å². The zero-order valence-electron chi connectivity index (χ0n) is 26.6. The topological polar surface area (TPSA) is 164 Å². The molecule has 0 unspecified atom stereocenters. The molecule has 0 spiro atoms. The Bertz CT molecular complexity index is 1090. The largest absolute Gasteiger partial charge is 0.462 e. The Morgan fingerprint density at radius 3 is 2.07 bits per heavy atom. The van der Waals surface area contributed by atoms with Gasteiger partial charge in [-0.2, -0.15) is 0 Å². The van der Waals surface area contributed by atoms with E-state index < -0.39 is 60.6 Å². The maximum atomic E-state index is 12.8. The third-order valence-corrected chi connectivity index (χ3v) is 8.30. The Morgan fingerprint density at radius 2 is 1.53 bits per heavy atom. The first kappa shape index (κ1) is 38.1. The van der Waals surface area contributed by atoms with Crippen molar-refractivity contribution in [1.82, 2.24) is 0 Å². The second-order valence-electron chi connectivity index (χ2n) is 12.1. The van der Waals surface area contributed by atoms with Crippen LogP contribution in [0.3, 0.4) is 0 Å². The highest BCUT2D eigenvalue weighted by molar-refractivity contribution is 6.12. The number of ketones is 2. The normalized spacial score (nSPS) is 19.5. The molecular formula is C33H50O10. The number of carbonyl (C=O) groups is 5. The maximum absolute atomic E-state index is 12.8. The molecular weight excluding hydrogens is 556 g/mol. The molecule has 10 nitrogen and oxygen atoms in total. The van der Waals surface area contributed by atoms with Crippen LogP contribution < -0.4 is 0 Å². The molecule has 0 bridgehead atoms. The van der Waals surface area contributed by atoms with E-state index in [4.69, 9.17) is 4.74 Å².